The van der Waals surface area contributed by atoms with E-state index in [1.54, 1.807) is 29.2 Å². The first-order valence-electron chi connectivity index (χ1n) is 9.77. The molecule has 1 saturated carbocycles. The van der Waals surface area contributed by atoms with Crippen LogP contribution in [0.25, 0.3) is 0 Å². The molecule has 3 rings (SSSR count). The summed E-state index contributed by atoms with van der Waals surface area (Å²) in [5.74, 6) is -1.54. The van der Waals surface area contributed by atoms with Crippen molar-refractivity contribution >= 4 is 29.3 Å². The molecular formula is C21H26N2O5. The van der Waals surface area contributed by atoms with Gasteiger partial charge in [0.05, 0.1) is 5.92 Å². The molecule has 0 unspecified atom stereocenters. The maximum absolute atomic E-state index is 12.4. The Morgan fingerprint density at radius 1 is 1.14 bits per heavy atom. The number of rotatable bonds is 6. The van der Waals surface area contributed by atoms with Crippen molar-refractivity contribution in [2.75, 3.05) is 11.9 Å². The third-order valence-electron chi connectivity index (χ3n) is 5.48. The predicted octanol–water partition coefficient (Wildman–Crippen LogP) is 2.55. The van der Waals surface area contributed by atoms with Crippen LogP contribution in [0, 0.1) is 5.92 Å². The molecule has 2 amide bonds. The number of Topliss-reactive ketones (excluding diaryl/α,β-unsaturated/α-hetero) is 1. The third-order valence-corrected chi connectivity index (χ3v) is 5.48. The van der Waals surface area contributed by atoms with Gasteiger partial charge >= 0.3 is 5.97 Å². The van der Waals surface area contributed by atoms with E-state index < -0.39 is 23.9 Å². The average Bonchev–Trinajstić information content (AvgIpc) is 3.31. The highest BCUT2D eigenvalue weighted by molar-refractivity contribution is 5.97. The van der Waals surface area contributed by atoms with Crippen molar-refractivity contribution in [3.8, 4) is 0 Å². The van der Waals surface area contributed by atoms with E-state index in [1.807, 2.05) is 0 Å². The van der Waals surface area contributed by atoms with Crippen LogP contribution in [-0.4, -0.2) is 47.2 Å². The molecule has 0 aromatic heterocycles. The maximum Gasteiger partial charge on any atom is 0.312 e. The van der Waals surface area contributed by atoms with E-state index in [0.717, 1.165) is 25.7 Å². The number of hydrogen-bond acceptors (Lipinski definition) is 5. The third kappa shape index (κ3) is 4.58. The standard InChI is InChI=1S/C21H26N2O5/c1-13(24)15-7-9-17(10-8-15)22-20(26)14(2)28-21(27)16-11-19(25)23(12-16)18-5-3-4-6-18/h7-10,14,16,18H,3-6,11-12H2,1-2H3,(H,22,26)/t14-,16+/m1/s1. The second-order valence-corrected chi connectivity index (χ2v) is 7.59. The smallest absolute Gasteiger partial charge is 0.312 e. The van der Waals surface area contributed by atoms with E-state index in [0.29, 0.717) is 17.8 Å². The van der Waals surface area contributed by atoms with Gasteiger partial charge in [-0.15, -0.1) is 0 Å². The lowest BCUT2D eigenvalue weighted by Crippen LogP contribution is -2.36. The number of carbonyl (C=O) groups excluding carboxylic acids is 4. The fraction of sp³-hybridized carbons (Fsp3) is 0.524. The molecule has 0 bridgehead atoms. The SMILES string of the molecule is CC(=O)c1ccc(NC(=O)[C@@H](C)OC(=O)[C@H]2CC(=O)N(C3CCCC3)C2)cc1. The minimum Gasteiger partial charge on any atom is -0.452 e. The van der Waals surface area contributed by atoms with Crippen molar-refractivity contribution in [1.29, 1.82) is 0 Å². The monoisotopic (exact) mass is 386 g/mol. The summed E-state index contributed by atoms with van der Waals surface area (Å²) in [4.78, 5) is 50.0. The normalized spacial score (nSPS) is 20.9. The lowest BCUT2D eigenvalue weighted by atomic mass is 10.1. The molecule has 7 nitrogen and oxygen atoms in total. The molecule has 28 heavy (non-hydrogen) atoms. The topological polar surface area (TPSA) is 92.8 Å². The summed E-state index contributed by atoms with van der Waals surface area (Å²) >= 11 is 0. The lowest BCUT2D eigenvalue weighted by molar-refractivity contribution is -0.157. The summed E-state index contributed by atoms with van der Waals surface area (Å²) in [5, 5.41) is 2.66. The molecule has 1 aromatic carbocycles. The van der Waals surface area contributed by atoms with Crippen molar-refractivity contribution in [2.45, 2.75) is 58.1 Å². The Kier molecular flexibility index (Phi) is 6.11. The van der Waals surface area contributed by atoms with E-state index in [4.69, 9.17) is 4.74 Å². The minimum absolute atomic E-state index is 0.00323. The predicted molar refractivity (Wildman–Crippen MR) is 103 cm³/mol. The van der Waals surface area contributed by atoms with Gasteiger partial charge in [-0.2, -0.15) is 0 Å². The van der Waals surface area contributed by atoms with Crippen LogP contribution in [0.1, 0.15) is 56.3 Å². The van der Waals surface area contributed by atoms with Crippen LogP contribution >= 0.6 is 0 Å². The van der Waals surface area contributed by atoms with E-state index >= 15 is 0 Å². The minimum atomic E-state index is -0.976. The Hall–Kier alpha value is -2.70. The number of nitrogens with zero attached hydrogens (tertiary/aromatic N) is 1. The van der Waals surface area contributed by atoms with E-state index in [1.165, 1.54) is 13.8 Å². The molecule has 7 heteroatoms. The highest BCUT2D eigenvalue weighted by Gasteiger charge is 2.40. The van der Waals surface area contributed by atoms with Crippen molar-refractivity contribution in [2.24, 2.45) is 5.92 Å². The molecule has 1 N–H and O–H groups in total. The summed E-state index contributed by atoms with van der Waals surface area (Å²) in [7, 11) is 0. The Balaban J connectivity index is 1.51. The first-order valence-corrected chi connectivity index (χ1v) is 9.77. The summed E-state index contributed by atoms with van der Waals surface area (Å²) in [5.41, 5.74) is 1.07. The second-order valence-electron chi connectivity index (χ2n) is 7.59. The number of esters is 1. The number of amides is 2. The van der Waals surface area contributed by atoms with Crippen LogP contribution in [0.4, 0.5) is 5.69 Å². The lowest BCUT2D eigenvalue weighted by Gasteiger charge is -2.24. The molecule has 2 aliphatic rings. The number of carbonyl (C=O) groups is 4. The molecule has 0 spiro atoms. The fourth-order valence-electron chi connectivity index (χ4n) is 3.81. The van der Waals surface area contributed by atoms with Crippen molar-refractivity contribution in [3.05, 3.63) is 29.8 Å². The summed E-state index contributed by atoms with van der Waals surface area (Å²) in [6, 6.07) is 6.73. The first kappa shape index (κ1) is 20.0. The Bertz CT molecular complexity index is 768. The number of benzene rings is 1. The van der Waals surface area contributed by atoms with Gasteiger partial charge in [-0.1, -0.05) is 12.8 Å². The van der Waals surface area contributed by atoms with Gasteiger partial charge in [-0.3, -0.25) is 19.2 Å². The second kappa shape index (κ2) is 8.54. The van der Waals surface area contributed by atoms with Crippen molar-refractivity contribution < 1.29 is 23.9 Å². The van der Waals surface area contributed by atoms with Gasteiger partial charge in [-0.25, -0.2) is 0 Å². The van der Waals surface area contributed by atoms with Crippen LogP contribution in [0.2, 0.25) is 0 Å². The molecular weight excluding hydrogens is 360 g/mol. The zero-order valence-corrected chi connectivity index (χ0v) is 16.3. The van der Waals surface area contributed by atoms with Gasteiger partial charge in [0.1, 0.15) is 0 Å². The Labute approximate surface area is 164 Å². The average molecular weight is 386 g/mol. The van der Waals surface area contributed by atoms with E-state index in [9.17, 15) is 19.2 Å². The van der Waals surface area contributed by atoms with Crippen molar-refractivity contribution in [1.82, 2.24) is 4.90 Å². The number of anilines is 1. The van der Waals surface area contributed by atoms with Gasteiger partial charge in [-0.05, 0) is 51.0 Å². The molecule has 1 aliphatic heterocycles. The van der Waals surface area contributed by atoms with Crippen LogP contribution in [0.15, 0.2) is 24.3 Å². The Morgan fingerprint density at radius 2 is 1.79 bits per heavy atom. The Morgan fingerprint density at radius 3 is 2.39 bits per heavy atom. The molecule has 1 aliphatic carbocycles. The highest BCUT2D eigenvalue weighted by Crippen LogP contribution is 2.30. The summed E-state index contributed by atoms with van der Waals surface area (Å²) in [6.07, 6.45) is 3.40. The van der Waals surface area contributed by atoms with E-state index in [2.05, 4.69) is 5.32 Å². The van der Waals surface area contributed by atoms with Crippen LogP contribution in [-0.2, 0) is 19.1 Å². The van der Waals surface area contributed by atoms with Crippen LogP contribution in [0.5, 0.6) is 0 Å². The molecule has 2 fully saturated rings. The summed E-state index contributed by atoms with van der Waals surface area (Å²) in [6.45, 7) is 3.35. The molecule has 0 radical (unpaired) electrons. The zero-order valence-electron chi connectivity index (χ0n) is 16.3. The number of likely N-dealkylation sites (tertiary alicyclic amines) is 1. The molecule has 1 heterocycles. The fourth-order valence-corrected chi connectivity index (χ4v) is 3.81. The molecule has 1 aromatic rings. The van der Waals surface area contributed by atoms with E-state index in [-0.39, 0.29) is 24.2 Å². The zero-order chi connectivity index (χ0) is 20.3. The van der Waals surface area contributed by atoms with Gasteiger partial charge in [0, 0.05) is 30.3 Å². The number of hydrogen-bond donors (Lipinski definition) is 1. The largest absolute Gasteiger partial charge is 0.452 e. The number of nitrogens with one attached hydrogen (secondary N) is 1. The molecule has 150 valence electrons. The van der Waals surface area contributed by atoms with Gasteiger partial charge in [0.15, 0.2) is 11.9 Å². The number of ketones is 1. The maximum atomic E-state index is 12.4. The molecule has 1 saturated heterocycles. The summed E-state index contributed by atoms with van der Waals surface area (Å²) < 4.78 is 5.31. The highest BCUT2D eigenvalue weighted by atomic mass is 16.5. The van der Waals surface area contributed by atoms with Gasteiger partial charge < -0.3 is 15.0 Å². The van der Waals surface area contributed by atoms with Crippen LogP contribution in [0.3, 0.4) is 0 Å². The quantitative estimate of drug-likeness (QED) is 0.599. The number of ether oxygens (including phenoxy) is 1. The first-order chi connectivity index (χ1) is 13.3. The van der Waals surface area contributed by atoms with Gasteiger partial charge in [0.2, 0.25) is 5.91 Å². The van der Waals surface area contributed by atoms with Gasteiger partial charge in [0.25, 0.3) is 5.91 Å². The van der Waals surface area contributed by atoms with Crippen molar-refractivity contribution in [3.63, 3.8) is 0 Å². The van der Waals surface area contributed by atoms with Crippen LogP contribution < -0.4 is 5.32 Å². The molecule has 2 atom stereocenters.